The number of hydrogen-bond donors (Lipinski definition) is 0. The van der Waals surface area contributed by atoms with Gasteiger partial charge in [0.1, 0.15) is 0 Å². The summed E-state index contributed by atoms with van der Waals surface area (Å²) in [4.78, 5) is 8.89. The zero-order chi connectivity index (χ0) is 11.6. The van der Waals surface area contributed by atoms with Gasteiger partial charge in [-0.05, 0) is 37.1 Å². The molecule has 0 bridgehead atoms. The summed E-state index contributed by atoms with van der Waals surface area (Å²) >= 11 is 0. The van der Waals surface area contributed by atoms with Crippen molar-refractivity contribution in [2.45, 2.75) is 18.4 Å². The first-order valence-electron chi connectivity index (χ1n) is 5.89. The average molecular weight is 226 g/mol. The molecule has 3 heterocycles. The second kappa shape index (κ2) is 4.26. The third kappa shape index (κ3) is 1.72. The Bertz CT molecular complexity index is 437. The summed E-state index contributed by atoms with van der Waals surface area (Å²) in [6.45, 7) is 0.771. The van der Waals surface area contributed by atoms with E-state index >= 15 is 0 Å². The van der Waals surface area contributed by atoms with Crippen LogP contribution in [0.15, 0.2) is 48.8 Å². The number of rotatable bonds is 2. The standard InChI is InChI=1S/C14H14N2O/c1-3-9-15-12(6-1)14(8-5-11-17-14)13-7-2-4-10-16-13/h1-4,6-7,9-10H,5,8,11H2. The first-order chi connectivity index (χ1) is 8.42. The Morgan fingerprint density at radius 2 is 1.59 bits per heavy atom. The number of ether oxygens (including phenoxy) is 1. The van der Waals surface area contributed by atoms with Crippen LogP contribution in [0.4, 0.5) is 0 Å². The third-order valence-corrected chi connectivity index (χ3v) is 3.18. The number of aromatic nitrogens is 2. The van der Waals surface area contributed by atoms with Gasteiger partial charge in [0.2, 0.25) is 0 Å². The molecule has 3 nitrogen and oxygen atoms in total. The summed E-state index contributed by atoms with van der Waals surface area (Å²) in [6, 6.07) is 11.9. The summed E-state index contributed by atoms with van der Waals surface area (Å²) in [5.74, 6) is 0. The SMILES string of the molecule is c1ccc(C2(c3ccccn3)CCCO2)nc1. The molecular weight excluding hydrogens is 212 g/mol. The van der Waals surface area contributed by atoms with E-state index in [1.165, 1.54) is 0 Å². The smallest absolute Gasteiger partial charge is 0.152 e. The molecule has 0 spiro atoms. The quantitative estimate of drug-likeness (QED) is 0.789. The van der Waals surface area contributed by atoms with Crippen LogP contribution < -0.4 is 0 Å². The van der Waals surface area contributed by atoms with E-state index in [2.05, 4.69) is 9.97 Å². The molecule has 1 aliphatic heterocycles. The van der Waals surface area contributed by atoms with Crippen LogP contribution in [-0.2, 0) is 10.3 Å². The highest BCUT2D eigenvalue weighted by molar-refractivity contribution is 5.28. The van der Waals surface area contributed by atoms with E-state index in [0.29, 0.717) is 0 Å². The van der Waals surface area contributed by atoms with Crippen LogP contribution in [0.5, 0.6) is 0 Å². The Morgan fingerprint density at radius 1 is 0.941 bits per heavy atom. The van der Waals surface area contributed by atoms with Crippen LogP contribution in [0, 0.1) is 0 Å². The predicted molar refractivity (Wildman–Crippen MR) is 64.4 cm³/mol. The summed E-state index contributed by atoms with van der Waals surface area (Å²) in [7, 11) is 0. The van der Waals surface area contributed by atoms with Crippen molar-refractivity contribution in [3.8, 4) is 0 Å². The molecule has 0 unspecified atom stereocenters. The minimum Gasteiger partial charge on any atom is -0.362 e. The molecule has 0 amide bonds. The summed E-state index contributed by atoms with van der Waals surface area (Å²) < 4.78 is 5.99. The molecule has 1 fully saturated rings. The fourth-order valence-electron chi connectivity index (χ4n) is 2.38. The second-order valence-corrected chi connectivity index (χ2v) is 4.21. The Labute approximate surface area is 100 Å². The fraction of sp³-hybridized carbons (Fsp3) is 0.286. The van der Waals surface area contributed by atoms with Gasteiger partial charge in [0, 0.05) is 19.0 Å². The van der Waals surface area contributed by atoms with Crippen LogP contribution >= 0.6 is 0 Å². The molecule has 0 N–H and O–H groups in total. The summed E-state index contributed by atoms with van der Waals surface area (Å²) in [5, 5.41) is 0. The van der Waals surface area contributed by atoms with E-state index in [4.69, 9.17) is 4.74 Å². The maximum absolute atomic E-state index is 5.99. The van der Waals surface area contributed by atoms with Gasteiger partial charge in [-0.15, -0.1) is 0 Å². The normalized spacial score (nSPS) is 18.1. The highest BCUT2D eigenvalue weighted by Gasteiger charge is 2.41. The van der Waals surface area contributed by atoms with Crippen molar-refractivity contribution in [1.29, 1.82) is 0 Å². The highest BCUT2D eigenvalue weighted by Crippen LogP contribution is 2.39. The first-order valence-corrected chi connectivity index (χ1v) is 5.89. The lowest BCUT2D eigenvalue weighted by atomic mass is 9.91. The van der Waals surface area contributed by atoms with E-state index in [1.54, 1.807) is 0 Å². The van der Waals surface area contributed by atoms with Crippen LogP contribution in [0.3, 0.4) is 0 Å². The monoisotopic (exact) mass is 226 g/mol. The molecular formula is C14H14N2O. The molecule has 2 aromatic rings. The van der Waals surface area contributed by atoms with Crippen LogP contribution in [0.25, 0.3) is 0 Å². The molecule has 2 aromatic heterocycles. The van der Waals surface area contributed by atoms with Crippen LogP contribution in [-0.4, -0.2) is 16.6 Å². The van der Waals surface area contributed by atoms with Crippen molar-refractivity contribution in [2.75, 3.05) is 6.61 Å². The third-order valence-electron chi connectivity index (χ3n) is 3.18. The number of pyridine rings is 2. The molecule has 0 aliphatic carbocycles. The molecule has 0 aromatic carbocycles. The van der Waals surface area contributed by atoms with Crippen molar-refractivity contribution < 1.29 is 4.74 Å². The van der Waals surface area contributed by atoms with Gasteiger partial charge >= 0.3 is 0 Å². The topological polar surface area (TPSA) is 35.0 Å². The number of hydrogen-bond acceptors (Lipinski definition) is 3. The van der Waals surface area contributed by atoms with E-state index in [9.17, 15) is 0 Å². The van der Waals surface area contributed by atoms with Gasteiger partial charge in [-0.2, -0.15) is 0 Å². The molecule has 0 saturated carbocycles. The van der Waals surface area contributed by atoms with E-state index in [0.717, 1.165) is 30.8 Å². The van der Waals surface area contributed by atoms with Crippen LogP contribution in [0.1, 0.15) is 24.2 Å². The van der Waals surface area contributed by atoms with E-state index in [1.807, 2.05) is 48.8 Å². The minimum atomic E-state index is -0.442. The van der Waals surface area contributed by atoms with Gasteiger partial charge < -0.3 is 4.74 Å². The molecule has 86 valence electrons. The summed E-state index contributed by atoms with van der Waals surface area (Å²) in [5.41, 5.74) is 1.47. The van der Waals surface area contributed by atoms with Gasteiger partial charge in [-0.1, -0.05) is 12.1 Å². The van der Waals surface area contributed by atoms with Crippen molar-refractivity contribution in [3.05, 3.63) is 60.2 Å². The zero-order valence-electron chi connectivity index (χ0n) is 9.54. The highest BCUT2D eigenvalue weighted by atomic mass is 16.5. The predicted octanol–water partition coefficient (Wildman–Crippen LogP) is 2.53. The van der Waals surface area contributed by atoms with Gasteiger partial charge in [0.15, 0.2) is 5.60 Å². The van der Waals surface area contributed by atoms with E-state index in [-0.39, 0.29) is 0 Å². The maximum Gasteiger partial charge on any atom is 0.152 e. The van der Waals surface area contributed by atoms with Gasteiger partial charge in [0.05, 0.1) is 11.4 Å². The Hall–Kier alpha value is -1.74. The van der Waals surface area contributed by atoms with E-state index < -0.39 is 5.60 Å². The lowest BCUT2D eigenvalue weighted by Crippen LogP contribution is -2.28. The second-order valence-electron chi connectivity index (χ2n) is 4.21. The summed E-state index contributed by atoms with van der Waals surface area (Å²) in [6.07, 6.45) is 5.61. The lowest BCUT2D eigenvalue weighted by Gasteiger charge is -2.27. The zero-order valence-corrected chi connectivity index (χ0v) is 9.54. The van der Waals surface area contributed by atoms with Crippen molar-refractivity contribution in [2.24, 2.45) is 0 Å². The minimum absolute atomic E-state index is 0.442. The molecule has 3 heteroatoms. The first kappa shape index (κ1) is 10.4. The molecule has 17 heavy (non-hydrogen) atoms. The fourth-order valence-corrected chi connectivity index (χ4v) is 2.38. The Kier molecular flexibility index (Phi) is 2.61. The van der Waals surface area contributed by atoms with Crippen molar-refractivity contribution in [3.63, 3.8) is 0 Å². The molecule has 1 aliphatic rings. The lowest BCUT2D eigenvalue weighted by molar-refractivity contribution is 0.0289. The Morgan fingerprint density at radius 3 is 2.00 bits per heavy atom. The van der Waals surface area contributed by atoms with Gasteiger partial charge in [0.25, 0.3) is 0 Å². The largest absolute Gasteiger partial charge is 0.362 e. The number of nitrogens with zero attached hydrogens (tertiary/aromatic N) is 2. The van der Waals surface area contributed by atoms with Gasteiger partial charge in [-0.25, -0.2) is 0 Å². The molecule has 0 atom stereocenters. The molecule has 3 rings (SSSR count). The van der Waals surface area contributed by atoms with Crippen molar-refractivity contribution >= 4 is 0 Å². The molecule has 1 saturated heterocycles. The van der Waals surface area contributed by atoms with Gasteiger partial charge in [-0.3, -0.25) is 9.97 Å². The molecule has 0 radical (unpaired) electrons. The van der Waals surface area contributed by atoms with Crippen LogP contribution in [0.2, 0.25) is 0 Å². The Balaban J connectivity index is 2.11. The average Bonchev–Trinajstić information content (AvgIpc) is 2.91. The maximum atomic E-state index is 5.99. The van der Waals surface area contributed by atoms with Crippen molar-refractivity contribution in [1.82, 2.24) is 9.97 Å².